The Balaban J connectivity index is 2.09. The number of hydrogen-bond acceptors (Lipinski definition) is 5. The number of aliphatic carboxylic acids is 2. The van der Waals surface area contributed by atoms with E-state index in [2.05, 4.69) is 5.16 Å². The third-order valence-electron chi connectivity index (χ3n) is 2.73. The molecule has 1 heterocycles. The van der Waals surface area contributed by atoms with E-state index >= 15 is 0 Å². The quantitative estimate of drug-likeness (QED) is 0.792. The molecule has 7 heteroatoms. The molecular weight excluding hydrogens is 276 g/mol. The van der Waals surface area contributed by atoms with Crippen LogP contribution in [0, 0.1) is 0 Å². The molecule has 0 atom stereocenters. The molecule has 1 aromatic carbocycles. The van der Waals surface area contributed by atoms with E-state index in [1.807, 2.05) is 30.3 Å². The molecule has 0 aliphatic carbocycles. The van der Waals surface area contributed by atoms with Gasteiger partial charge in [0.15, 0.2) is 5.76 Å². The van der Waals surface area contributed by atoms with Crippen LogP contribution in [0.1, 0.15) is 5.76 Å². The molecule has 0 spiro atoms. The van der Waals surface area contributed by atoms with Gasteiger partial charge in [0, 0.05) is 11.6 Å². The zero-order valence-electron chi connectivity index (χ0n) is 11.1. The number of rotatable bonds is 7. The highest BCUT2D eigenvalue weighted by atomic mass is 16.5. The van der Waals surface area contributed by atoms with Crippen LogP contribution in [0.4, 0.5) is 0 Å². The molecule has 21 heavy (non-hydrogen) atoms. The Morgan fingerprint density at radius 2 is 1.71 bits per heavy atom. The van der Waals surface area contributed by atoms with Crippen molar-refractivity contribution in [3.63, 3.8) is 0 Å². The smallest absolute Gasteiger partial charge is 0.317 e. The van der Waals surface area contributed by atoms with E-state index in [9.17, 15) is 9.59 Å². The second-order valence-corrected chi connectivity index (χ2v) is 4.48. The van der Waals surface area contributed by atoms with Gasteiger partial charge in [0.05, 0.1) is 19.6 Å². The summed E-state index contributed by atoms with van der Waals surface area (Å²) in [6, 6.07) is 11.0. The van der Waals surface area contributed by atoms with Gasteiger partial charge in [-0.2, -0.15) is 0 Å². The second-order valence-electron chi connectivity index (χ2n) is 4.48. The third-order valence-corrected chi connectivity index (χ3v) is 2.73. The molecule has 0 radical (unpaired) electrons. The summed E-state index contributed by atoms with van der Waals surface area (Å²) in [5.74, 6) is -1.78. The molecule has 2 N–H and O–H groups in total. The first-order chi connectivity index (χ1) is 10.0. The average Bonchev–Trinajstić information content (AvgIpc) is 2.86. The fourth-order valence-electron chi connectivity index (χ4n) is 1.90. The zero-order chi connectivity index (χ0) is 15.2. The normalized spacial score (nSPS) is 10.7. The summed E-state index contributed by atoms with van der Waals surface area (Å²) < 4.78 is 5.14. The summed E-state index contributed by atoms with van der Waals surface area (Å²) in [5, 5.41) is 21.5. The summed E-state index contributed by atoms with van der Waals surface area (Å²) in [6.45, 7) is -0.695. The molecule has 0 fully saturated rings. The van der Waals surface area contributed by atoms with Gasteiger partial charge >= 0.3 is 11.9 Å². The van der Waals surface area contributed by atoms with Gasteiger partial charge < -0.3 is 14.7 Å². The molecule has 0 saturated heterocycles. The molecule has 110 valence electrons. The van der Waals surface area contributed by atoms with E-state index in [1.165, 1.54) is 4.90 Å². The number of carboxylic acid groups (broad SMARTS) is 2. The molecular formula is C14H14N2O5. The first kappa shape index (κ1) is 14.7. The van der Waals surface area contributed by atoms with Crippen LogP contribution < -0.4 is 0 Å². The SMILES string of the molecule is O=C(O)CN(CC(=O)O)Cc1cc(-c2ccccc2)no1. The predicted molar refractivity (Wildman–Crippen MR) is 72.5 cm³/mol. The Bertz CT molecular complexity index is 607. The lowest BCUT2D eigenvalue weighted by molar-refractivity contribution is -0.142. The van der Waals surface area contributed by atoms with E-state index in [-0.39, 0.29) is 19.6 Å². The summed E-state index contributed by atoms with van der Waals surface area (Å²) in [6.07, 6.45) is 0. The molecule has 0 aliphatic rings. The van der Waals surface area contributed by atoms with Crippen molar-refractivity contribution >= 4 is 11.9 Å². The predicted octanol–water partition coefficient (Wildman–Crippen LogP) is 1.31. The topological polar surface area (TPSA) is 104 Å². The number of carboxylic acids is 2. The van der Waals surface area contributed by atoms with Crippen molar-refractivity contribution in [1.29, 1.82) is 0 Å². The molecule has 0 aliphatic heterocycles. The highest BCUT2D eigenvalue weighted by Crippen LogP contribution is 2.19. The fraction of sp³-hybridized carbons (Fsp3) is 0.214. The van der Waals surface area contributed by atoms with Crippen LogP contribution in [0.5, 0.6) is 0 Å². The fourth-order valence-corrected chi connectivity index (χ4v) is 1.90. The van der Waals surface area contributed by atoms with Crippen molar-refractivity contribution in [3.8, 4) is 11.3 Å². The lowest BCUT2D eigenvalue weighted by Crippen LogP contribution is -2.33. The van der Waals surface area contributed by atoms with Crippen molar-refractivity contribution in [1.82, 2.24) is 10.1 Å². The van der Waals surface area contributed by atoms with Gasteiger partial charge in [0.1, 0.15) is 5.69 Å². The minimum atomic E-state index is -1.10. The summed E-state index contributed by atoms with van der Waals surface area (Å²) in [4.78, 5) is 22.7. The number of carbonyl (C=O) groups is 2. The Morgan fingerprint density at radius 1 is 1.10 bits per heavy atom. The Kier molecular flexibility index (Phi) is 4.68. The van der Waals surface area contributed by atoms with Gasteiger partial charge in [-0.05, 0) is 0 Å². The first-order valence-corrected chi connectivity index (χ1v) is 6.21. The molecule has 1 aromatic heterocycles. The van der Waals surface area contributed by atoms with Gasteiger partial charge in [0.25, 0.3) is 0 Å². The summed E-state index contributed by atoms with van der Waals surface area (Å²) in [5.41, 5.74) is 1.49. The monoisotopic (exact) mass is 290 g/mol. The van der Waals surface area contributed by atoms with Crippen molar-refractivity contribution in [2.75, 3.05) is 13.1 Å². The lowest BCUT2D eigenvalue weighted by Gasteiger charge is -2.15. The number of nitrogens with zero attached hydrogens (tertiary/aromatic N) is 2. The van der Waals surface area contributed by atoms with Crippen LogP contribution in [-0.4, -0.2) is 45.3 Å². The van der Waals surface area contributed by atoms with Crippen LogP contribution >= 0.6 is 0 Å². The van der Waals surface area contributed by atoms with E-state index in [4.69, 9.17) is 14.7 Å². The van der Waals surface area contributed by atoms with E-state index in [0.29, 0.717) is 11.5 Å². The Morgan fingerprint density at radius 3 is 2.29 bits per heavy atom. The van der Waals surface area contributed by atoms with E-state index in [1.54, 1.807) is 6.07 Å². The maximum Gasteiger partial charge on any atom is 0.317 e. The molecule has 0 unspecified atom stereocenters. The standard InChI is InChI=1S/C14H14N2O5/c17-13(18)8-16(9-14(19)20)7-11-6-12(15-21-11)10-4-2-1-3-5-10/h1-6H,7-9H2,(H,17,18)(H,19,20). The van der Waals surface area contributed by atoms with Crippen molar-refractivity contribution < 1.29 is 24.3 Å². The highest BCUT2D eigenvalue weighted by molar-refractivity contribution is 5.72. The molecule has 0 bridgehead atoms. The largest absolute Gasteiger partial charge is 0.480 e. The minimum Gasteiger partial charge on any atom is -0.480 e. The molecule has 7 nitrogen and oxygen atoms in total. The highest BCUT2D eigenvalue weighted by Gasteiger charge is 2.16. The number of benzene rings is 1. The van der Waals surface area contributed by atoms with Crippen molar-refractivity contribution in [3.05, 3.63) is 42.2 Å². The molecule has 2 rings (SSSR count). The van der Waals surface area contributed by atoms with Crippen LogP contribution in [0.2, 0.25) is 0 Å². The van der Waals surface area contributed by atoms with Crippen LogP contribution in [0.3, 0.4) is 0 Å². The molecule has 0 saturated carbocycles. The average molecular weight is 290 g/mol. The first-order valence-electron chi connectivity index (χ1n) is 6.21. The van der Waals surface area contributed by atoms with Crippen LogP contribution in [0.15, 0.2) is 40.9 Å². The summed E-state index contributed by atoms with van der Waals surface area (Å²) >= 11 is 0. The van der Waals surface area contributed by atoms with Crippen molar-refractivity contribution in [2.45, 2.75) is 6.54 Å². The second kappa shape index (κ2) is 6.67. The van der Waals surface area contributed by atoms with Crippen LogP contribution in [-0.2, 0) is 16.1 Å². The van der Waals surface area contributed by atoms with Gasteiger partial charge in [-0.3, -0.25) is 14.5 Å². The summed E-state index contributed by atoms with van der Waals surface area (Å²) in [7, 11) is 0. The third kappa shape index (κ3) is 4.43. The number of aromatic nitrogens is 1. The minimum absolute atomic E-state index is 0.0679. The maximum absolute atomic E-state index is 10.7. The van der Waals surface area contributed by atoms with Gasteiger partial charge in [-0.25, -0.2) is 0 Å². The Hall–Kier alpha value is -2.67. The van der Waals surface area contributed by atoms with Gasteiger partial charge in [0.2, 0.25) is 0 Å². The van der Waals surface area contributed by atoms with Crippen molar-refractivity contribution in [2.24, 2.45) is 0 Å². The zero-order valence-corrected chi connectivity index (χ0v) is 11.1. The van der Waals surface area contributed by atoms with Crippen LogP contribution in [0.25, 0.3) is 11.3 Å². The lowest BCUT2D eigenvalue weighted by atomic mass is 10.1. The van der Waals surface area contributed by atoms with E-state index in [0.717, 1.165) is 5.56 Å². The Labute approximate surface area is 120 Å². The van der Waals surface area contributed by atoms with Gasteiger partial charge in [-0.1, -0.05) is 35.5 Å². The van der Waals surface area contributed by atoms with E-state index < -0.39 is 11.9 Å². The maximum atomic E-state index is 10.7. The van der Waals surface area contributed by atoms with Gasteiger partial charge in [-0.15, -0.1) is 0 Å². The number of hydrogen-bond donors (Lipinski definition) is 2. The molecule has 2 aromatic rings. The molecule has 0 amide bonds.